The Morgan fingerprint density at radius 1 is 0.977 bits per heavy atom. The number of anilines is 1. The molecular formula is C32H36Cl2F2N4O3S. The number of nitrogens with zero attached hydrogens (tertiary/aromatic N) is 2. The summed E-state index contributed by atoms with van der Waals surface area (Å²) in [4.78, 5) is 26.8. The SMILES string of the molecule is CC(NC(=O)OC(C)(C)C)C(=O)NCCSN(c1cc(F)cc(F)c1)C1CN(C(c2ccc(Cl)cc2)c2ccc(Cl)cc2)C1. The van der Waals surface area contributed by atoms with Crippen molar-refractivity contribution in [3.05, 3.63) is 99.5 Å². The topological polar surface area (TPSA) is 73.9 Å². The molecule has 1 unspecified atom stereocenters. The van der Waals surface area contributed by atoms with Gasteiger partial charge in [-0.25, -0.2) is 13.6 Å². The first-order valence-electron chi connectivity index (χ1n) is 14.2. The van der Waals surface area contributed by atoms with Crippen molar-refractivity contribution in [2.75, 3.05) is 29.7 Å². The highest BCUT2D eigenvalue weighted by molar-refractivity contribution is 8.00. The van der Waals surface area contributed by atoms with E-state index < -0.39 is 29.4 Å². The van der Waals surface area contributed by atoms with Gasteiger partial charge in [-0.1, -0.05) is 47.5 Å². The maximum atomic E-state index is 14.3. The number of ether oxygens (including phenoxy) is 1. The second-order valence-electron chi connectivity index (χ2n) is 11.6. The molecule has 1 saturated heterocycles. The number of rotatable bonds is 11. The molecule has 2 N–H and O–H groups in total. The molecule has 0 bridgehead atoms. The first kappa shape index (κ1) is 33.8. The van der Waals surface area contributed by atoms with Crippen LogP contribution >= 0.6 is 35.1 Å². The van der Waals surface area contributed by atoms with E-state index in [4.69, 9.17) is 27.9 Å². The summed E-state index contributed by atoms with van der Waals surface area (Å²) in [7, 11) is 0. The predicted molar refractivity (Wildman–Crippen MR) is 173 cm³/mol. The second kappa shape index (κ2) is 14.8. The van der Waals surface area contributed by atoms with E-state index in [0.29, 0.717) is 34.6 Å². The molecule has 236 valence electrons. The third kappa shape index (κ3) is 9.47. The molecule has 1 heterocycles. The molecule has 0 radical (unpaired) electrons. The van der Waals surface area contributed by atoms with Crippen molar-refractivity contribution in [1.82, 2.24) is 15.5 Å². The molecule has 1 atom stereocenters. The first-order chi connectivity index (χ1) is 20.8. The summed E-state index contributed by atoms with van der Waals surface area (Å²) in [5.41, 5.74) is 1.83. The predicted octanol–water partition coefficient (Wildman–Crippen LogP) is 7.23. The van der Waals surface area contributed by atoms with Crippen molar-refractivity contribution >= 4 is 52.8 Å². The molecule has 0 saturated carbocycles. The van der Waals surface area contributed by atoms with Crippen LogP contribution in [0.3, 0.4) is 0 Å². The van der Waals surface area contributed by atoms with Crippen LogP contribution in [0, 0.1) is 11.6 Å². The van der Waals surface area contributed by atoms with Gasteiger partial charge in [-0.3, -0.25) is 9.69 Å². The Bertz CT molecular complexity index is 1370. The molecule has 4 rings (SSSR count). The van der Waals surface area contributed by atoms with Crippen molar-refractivity contribution in [2.24, 2.45) is 0 Å². The Hall–Kier alpha value is -3.05. The Labute approximate surface area is 271 Å². The molecule has 3 aromatic carbocycles. The number of benzene rings is 3. The third-order valence-electron chi connectivity index (χ3n) is 6.82. The van der Waals surface area contributed by atoms with Gasteiger partial charge in [-0.05, 0) is 87.2 Å². The zero-order chi connectivity index (χ0) is 32.0. The highest BCUT2D eigenvalue weighted by atomic mass is 35.5. The monoisotopic (exact) mass is 664 g/mol. The molecule has 1 aliphatic heterocycles. The summed E-state index contributed by atoms with van der Waals surface area (Å²) in [6, 6.07) is 17.9. The van der Waals surface area contributed by atoms with Crippen LogP contribution < -0.4 is 14.9 Å². The summed E-state index contributed by atoms with van der Waals surface area (Å²) < 4.78 is 35.6. The molecule has 44 heavy (non-hydrogen) atoms. The van der Waals surface area contributed by atoms with E-state index in [1.165, 1.54) is 24.1 Å². The smallest absolute Gasteiger partial charge is 0.408 e. The van der Waals surface area contributed by atoms with E-state index in [9.17, 15) is 18.4 Å². The van der Waals surface area contributed by atoms with Crippen LogP contribution in [0.15, 0.2) is 66.7 Å². The van der Waals surface area contributed by atoms with Gasteiger partial charge in [0.15, 0.2) is 0 Å². The van der Waals surface area contributed by atoms with Crippen molar-refractivity contribution < 1.29 is 23.1 Å². The van der Waals surface area contributed by atoms with Crippen LogP contribution in [-0.2, 0) is 9.53 Å². The maximum absolute atomic E-state index is 14.3. The van der Waals surface area contributed by atoms with Crippen LogP contribution in [0.2, 0.25) is 10.0 Å². The van der Waals surface area contributed by atoms with Gasteiger partial charge in [0.1, 0.15) is 23.3 Å². The van der Waals surface area contributed by atoms with E-state index in [2.05, 4.69) is 15.5 Å². The lowest BCUT2D eigenvalue weighted by Gasteiger charge is -2.49. The number of hydrogen-bond donors (Lipinski definition) is 2. The molecule has 3 aromatic rings. The largest absolute Gasteiger partial charge is 0.444 e. The second-order valence-corrected chi connectivity index (χ2v) is 13.5. The zero-order valence-corrected chi connectivity index (χ0v) is 27.3. The molecule has 12 heteroatoms. The van der Waals surface area contributed by atoms with Crippen LogP contribution in [0.25, 0.3) is 0 Å². The van der Waals surface area contributed by atoms with Gasteiger partial charge in [0.2, 0.25) is 5.91 Å². The minimum atomic E-state index is -0.805. The Morgan fingerprint density at radius 2 is 1.50 bits per heavy atom. The average molecular weight is 666 g/mol. The lowest BCUT2D eigenvalue weighted by Crippen LogP contribution is -2.59. The summed E-state index contributed by atoms with van der Waals surface area (Å²) in [5.74, 6) is -1.28. The van der Waals surface area contributed by atoms with Crippen LogP contribution in [0.1, 0.15) is 44.9 Å². The van der Waals surface area contributed by atoms with Crippen molar-refractivity contribution in [3.8, 4) is 0 Å². The Morgan fingerprint density at radius 3 is 2.00 bits per heavy atom. The summed E-state index contributed by atoms with van der Waals surface area (Å²) in [5, 5.41) is 6.60. The number of carbonyl (C=O) groups excluding carboxylic acids is 2. The van der Waals surface area contributed by atoms with Crippen molar-refractivity contribution in [3.63, 3.8) is 0 Å². The molecule has 0 aliphatic carbocycles. The van der Waals surface area contributed by atoms with Crippen LogP contribution in [0.5, 0.6) is 0 Å². The summed E-state index contributed by atoms with van der Waals surface area (Å²) in [6.07, 6.45) is -0.682. The average Bonchev–Trinajstić information content (AvgIpc) is 2.90. The fraction of sp³-hybridized carbons (Fsp3) is 0.375. The molecule has 2 amide bonds. The molecule has 0 spiro atoms. The fourth-order valence-electron chi connectivity index (χ4n) is 4.83. The third-order valence-corrected chi connectivity index (χ3v) is 8.50. The van der Waals surface area contributed by atoms with Gasteiger partial charge in [-0.15, -0.1) is 0 Å². The molecule has 0 aromatic heterocycles. The van der Waals surface area contributed by atoms with E-state index in [1.54, 1.807) is 27.7 Å². The molecular weight excluding hydrogens is 629 g/mol. The molecule has 1 aliphatic rings. The number of nitrogens with one attached hydrogen (secondary N) is 2. The van der Waals surface area contributed by atoms with Crippen molar-refractivity contribution in [2.45, 2.75) is 51.4 Å². The summed E-state index contributed by atoms with van der Waals surface area (Å²) >= 11 is 13.7. The molecule has 7 nitrogen and oxygen atoms in total. The Balaban J connectivity index is 1.42. The fourth-order valence-corrected chi connectivity index (χ4v) is 6.07. The highest BCUT2D eigenvalue weighted by Crippen LogP contribution is 2.38. The standard InChI is InChI=1S/C32H36Cl2F2N4O3S/c1-20(38-31(42)43-32(2,3)4)30(41)37-13-14-44-40(27-16-25(35)15-26(36)17-27)28-18-39(19-28)29(21-5-9-23(33)10-6-21)22-7-11-24(34)12-8-22/h5-12,15-17,20,28-29H,13-14,18-19H2,1-4H3,(H,37,41)(H,38,42). The van der Waals surface area contributed by atoms with Gasteiger partial charge in [-0.2, -0.15) is 0 Å². The minimum absolute atomic E-state index is 0.0632. The van der Waals surface area contributed by atoms with E-state index in [0.717, 1.165) is 17.2 Å². The number of hydrogen-bond acceptors (Lipinski definition) is 6. The van der Waals surface area contributed by atoms with Gasteiger partial charge in [0.05, 0.1) is 17.8 Å². The van der Waals surface area contributed by atoms with Crippen LogP contribution in [-0.4, -0.2) is 60.0 Å². The van der Waals surface area contributed by atoms with E-state index in [-0.39, 0.29) is 24.5 Å². The lowest BCUT2D eigenvalue weighted by molar-refractivity contribution is -0.122. The highest BCUT2D eigenvalue weighted by Gasteiger charge is 2.38. The number of alkyl carbamates (subject to hydrolysis) is 1. The quantitative estimate of drug-likeness (QED) is 0.166. The van der Waals surface area contributed by atoms with Crippen LogP contribution in [0.4, 0.5) is 19.3 Å². The van der Waals surface area contributed by atoms with Gasteiger partial charge < -0.3 is 19.7 Å². The normalized spacial score (nSPS) is 14.6. The number of halogens is 4. The number of likely N-dealkylation sites (tertiary alicyclic amines) is 1. The van der Waals surface area contributed by atoms with Gasteiger partial charge in [0, 0.05) is 41.5 Å². The minimum Gasteiger partial charge on any atom is -0.444 e. The lowest BCUT2D eigenvalue weighted by atomic mass is 9.93. The Kier molecular flexibility index (Phi) is 11.4. The maximum Gasteiger partial charge on any atom is 0.408 e. The summed E-state index contributed by atoms with van der Waals surface area (Å²) in [6.45, 7) is 8.28. The number of carbonyl (C=O) groups is 2. The molecule has 1 fully saturated rings. The van der Waals surface area contributed by atoms with Crippen molar-refractivity contribution in [1.29, 1.82) is 0 Å². The van der Waals surface area contributed by atoms with Gasteiger partial charge in [0.25, 0.3) is 0 Å². The zero-order valence-electron chi connectivity index (χ0n) is 25.0. The van der Waals surface area contributed by atoms with E-state index in [1.807, 2.05) is 52.8 Å². The first-order valence-corrected chi connectivity index (χ1v) is 15.9. The number of amides is 2. The van der Waals surface area contributed by atoms with E-state index >= 15 is 0 Å². The van der Waals surface area contributed by atoms with Gasteiger partial charge >= 0.3 is 6.09 Å².